The highest BCUT2D eigenvalue weighted by atomic mass is 32.1. The quantitative estimate of drug-likeness (QED) is 0.461. The monoisotopic (exact) mass is 416 g/mol. The second-order valence-electron chi connectivity index (χ2n) is 7.47. The van der Waals surface area contributed by atoms with E-state index in [1.54, 1.807) is 24.5 Å². The maximum absolute atomic E-state index is 15.1. The van der Waals surface area contributed by atoms with Crippen LogP contribution < -0.4 is 9.13 Å². The van der Waals surface area contributed by atoms with Crippen molar-refractivity contribution in [3.05, 3.63) is 46.2 Å². The van der Waals surface area contributed by atoms with E-state index >= 15 is 4.39 Å². The number of carbonyl (C=O) groups excluding carboxylic acids is 1. The first-order valence-electron chi connectivity index (χ1n) is 9.36. The van der Waals surface area contributed by atoms with Gasteiger partial charge in [-0.3, -0.25) is 0 Å². The maximum atomic E-state index is 15.1. The molecule has 0 bridgehead atoms. The first-order chi connectivity index (χ1) is 13.9. The third-order valence-corrected chi connectivity index (χ3v) is 6.27. The van der Waals surface area contributed by atoms with Gasteiger partial charge in [0.2, 0.25) is 0 Å². The fraction of sp³-hybridized carbons (Fsp3) is 0.350. The van der Waals surface area contributed by atoms with Crippen LogP contribution in [0.4, 0.5) is 20.6 Å². The van der Waals surface area contributed by atoms with Crippen LogP contribution in [0.2, 0.25) is 0 Å². The van der Waals surface area contributed by atoms with Crippen LogP contribution in [0.15, 0.2) is 35.3 Å². The van der Waals surface area contributed by atoms with Gasteiger partial charge in [-0.2, -0.15) is 9.28 Å². The van der Waals surface area contributed by atoms with E-state index in [-0.39, 0.29) is 22.4 Å². The lowest BCUT2D eigenvalue weighted by molar-refractivity contribution is -0.0236. The largest absolute Gasteiger partial charge is 0.555 e. The fourth-order valence-corrected chi connectivity index (χ4v) is 4.57. The summed E-state index contributed by atoms with van der Waals surface area (Å²) in [6.45, 7) is 2.57. The van der Waals surface area contributed by atoms with Crippen LogP contribution in [0.25, 0.3) is 6.08 Å². The van der Waals surface area contributed by atoms with Crippen molar-refractivity contribution in [1.82, 2.24) is 14.1 Å². The molecule has 2 aliphatic heterocycles. The molecule has 2 fully saturated rings. The molecule has 0 radical (unpaired) electrons. The van der Waals surface area contributed by atoms with Gasteiger partial charge in [0.25, 0.3) is 0 Å². The van der Waals surface area contributed by atoms with Gasteiger partial charge < -0.3 is 4.74 Å². The number of nitrogens with zero attached hydrogens (tertiary/aromatic N) is 4. The average molecular weight is 416 g/mol. The number of ether oxygens (including phenoxy) is 1. The zero-order valence-electron chi connectivity index (χ0n) is 15.9. The van der Waals surface area contributed by atoms with Gasteiger partial charge in [0, 0.05) is 42.6 Å². The molecule has 2 atom stereocenters. The summed E-state index contributed by atoms with van der Waals surface area (Å²) in [5.74, 6) is -0.615. The number of piperidine rings is 1. The van der Waals surface area contributed by atoms with Crippen LogP contribution >= 0.6 is 11.3 Å². The molecule has 4 rings (SSSR count). The summed E-state index contributed by atoms with van der Waals surface area (Å²) in [5, 5.41) is 23.3. The smallest absolute Gasteiger partial charge is 0.408 e. The van der Waals surface area contributed by atoms with E-state index in [4.69, 9.17) is 4.74 Å². The molecule has 2 saturated heterocycles. The summed E-state index contributed by atoms with van der Waals surface area (Å²) in [5.41, 5.74) is 1.53. The minimum absolute atomic E-state index is 0.0147. The predicted molar refractivity (Wildman–Crippen MR) is 107 cm³/mol. The average Bonchev–Trinajstić information content (AvgIpc) is 3.30. The highest BCUT2D eigenvalue weighted by Crippen LogP contribution is 2.37. The van der Waals surface area contributed by atoms with Gasteiger partial charge in [-0.1, -0.05) is 5.57 Å². The van der Waals surface area contributed by atoms with Crippen molar-refractivity contribution in [2.45, 2.75) is 25.9 Å². The van der Waals surface area contributed by atoms with Crippen LogP contribution in [0, 0.1) is 17.3 Å². The molecule has 0 saturated carbocycles. The zero-order chi connectivity index (χ0) is 20.6. The Morgan fingerprint density at radius 1 is 1.41 bits per heavy atom. The molecular formula is C20H21FN4O3S+2. The molecule has 7 nitrogen and oxygen atoms in total. The topological polar surface area (TPSA) is 83.2 Å². The Morgan fingerprint density at radius 3 is 2.72 bits per heavy atom. The van der Waals surface area contributed by atoms with Crippen LogP contribution in [0.3, 0.4) is 0 Å². The Hall–Kier alpha value is -2.64. The summed E-state index contributed by atoms with van der Waals surface area (Å²) in [6.07, 6.45) is 6.09. The van der Waals surface area contributed by atoms with E-state index in [9.17, 15) is 15.3 Å². The van der Waals surface area contributed by atoms with Crippen molar-refractivity contribution >= 4 is 34.9 Å². The lowest BCUT2D eigenvalue weighted by Crippen LogP contribution is -2.50. The van der Waals surface area contributed by atoms with Gasteiger partial charge in [-0.05, 0) is 17.6 Å². The summed E-state index contributed by atoms with van der Waals surface area (Å²) in [4.78, 5) is 16.3. The van der Waals surface area contributed by atoms with E-state index in [0.717, 1.165) is 11.1 Å². The van der Waals surface area contributed by atoms with Crippen molar-refractivity contribution in [3.8, 4) is 6.19 Å². The van der Waals surface area contributed by atoms with Gasteiger partial charge in [-0.15, -0.1) is 16.6 Å². The normalized spacial score (nSPS) is 29.4. The number of nitriles is 1. The molecule has 1 N–H and O–H groups in total. The maximum Gasteiger partial charge on any atom is 0.555 e. The third kappa shape index (κ3) is 3.45. The summed E-state index contributed by atoms with van der Waals surface area (Å²) in [6, 6.07) is 4.12. The van der Waals surface area contributed by atoms with Crippen molar-refractivity contribution in [2.24, 2.45) is 0 Å². The molecule has 1 aromatic carbocycles. The Kier molecular flexibility index (Phi) is 4.96. The highest BCUT2D eigenvalue weighted by Gasteiger charge is 2.51. The SMILES string of the molecule is CC1C[N@+](O)(c2ccc([N+]3(C#N)CCC(=Cc4nccs4)CC3)c(F)c2)C(=O)O1. The molecule has 1 amide bonds. The first-order valence-corrected chi connectivity index (χ1v) is 10.2. The zero-order valence-corrected chi connectivity index (χ0v) is 16.7. The molecule has 0 spiro atoms. The van der Waals surface area contributed by atoms with Gasteiger partial charge >= 0.3 is 12.3 Å². The second kappa shape index (κ2) is 7.31. The minimum Gasteiger partial charge on any atom is -0.408 e. The van der Waals surface area contributed by atoms with Crippen molar-refractivity contribution in [3.63, 3.8) is 0 Å². The van der Waals surface area contributed by atoms with Gasteiger partial charge in [0.1, 0.15) is 18.1 Å². The number of hydrogen-bond acceptors (Lipinski definition) is 6. The van der Waals surface area contributed by atoms with Crippen LogP contribution in [-0.2, 0) is 4.74 Å². The number of benzene rings is 1. The molecule has 2 aromatic rings. The highest BCUT2D eigenvalue weighted by molar-refractivity contribution is 7.10. The number of cyclic esters (lactones) is 1. The van der Waals surface area contributed by atoms with Gasteiger partial charge in [0.05, 0.1) is 0 Å². The van der Waals surface area contributed by atoms with Gasteiger partial charge in [-0.25, -0.2) is 14.6 Å². The summed E-state index contributed by atoms with van der Waals surface area (Å²) < 4.78 is 18.8. The standard InChI is InChI=1S/C20H21FN4O3S/c1-14-12-25(27,20(26)28-14)16-2-3-18(17(21)11-16)24(13-22)7-4-15(5-8-24)10-19-23-6-9-29-19/h2-3,6,9-11,14,27H,4-5,7-8,12H2,1H3/q+2/t14?,24?,25-/m0/s1. The molecule has 29 heavy (non-hydrogen) atoms. The van der Waals surface area contributed by atoms with Crippen molar-refractivity contribution in [2.75, 3.05) is 19.6 Å². The number of amides is 1. The van der Waals surface area contributed by atoms with E-state index in [0.29, 0.717) is 25.9 Å². The van der Waals surface area contributed by atoms with E-state index in [2.05, 4.69) is 11.2 Å². The number of thiazole rings is 1. The lowest BCUT2D eigenvalue weighted by Gasteiger charge is -2.34. The van der Waals surface area contributed by atoms with E-state index < -0.39 is 22.7 Å². The molecule has 150 valence electrons. The second-order valence-corrected chi connectivity index (χ2v) is 8.40. The number of hydroxylamine groups is 2. The Morgan fingerprint density at radius 2 is 2.17 bits per heavy atom. The van der Waals surface area contributed by atoms with Crippen LogP contribution in [-0.4, -0.2) is 42.0 Å². The third-order valence-electron chi connectivity index (χ3n) is 5.54. The van der Waals surface area contributed by atoms with Crippen LogP contribution in [0.1, 0.15) is 24.8 Å². The Bertz CT molecular complexity index is 1010. The van der Waals surface area contributed by atoms with Gasteiger partial charge in [0.15, 0.2) is 29.8 Å². The number of aromatic nitrogens is 1. The molecular weight excluding hydrogens is 395 g/mol. The number of quaternary nitrogens is 2. The first kappa shape index (κ1) is 19.7. The number of hydrogen-bond donors (Lipinski definition) is 1. The Balaban J connectivity index is 1.59. The van der Waals surface area contributed by atoms with Crippen molar-refractivity contribution < 1.29 is 19.1 Å². The molecule has 0 aliphatic carbocycles. The summed E-state index contributed by atoms with van der Waals surface area (Å²) in [7, 11) is 0. The van der Waals surface area contributed by atoms with Crippen molar-refractivity contribution in [1.29, 1.82) is 5.26 Å². The molecule has 9 heteroatoms. The van der Waals surface area contributed by atoms with Crippen LogP contribution in [0.5, 0.6) is 0 Å². The number of carbonyl (C=O) groups is 1. The minimum atomic E-state index is -1.09. The van der Waals surface area contributed by atoms with E-state index in [1.165, 1.54) is 17.7 Å². The number of rotatable bonds is 3. The molecule has 1 aromatic heterocycles. The predicted octanol–water partition coefficient (Wildman–Crippen LogP) is 4.18. The fourth-order valence-electron chi connectivity index (χ4n) is 3.95. The molecule has 3 heterocycles. The summed E-state index contributed by atoms with van der Waals surface area (Å²) >= 11 is 1.55. The van der Waals surface area contributed by atoms with E-state index in [1.807, 2.05) is 11.5 Å². The molecule has 1 unspecified atom stereocenters. The number of likely N-dealkylation sites (tertiary alicyclic amines) is 1. The Labute approximate surface area is 171 Å². The lowest BCUT2D eigenvalue weighted by atomic mass is 10.00. The number of halogens is 1. The molecule has 2 aliphatic rings.